The molecule has 4 nitrogen and oxygen atoms in total. The lowest BCUT2D eigenvalue weighted by molar-refractivity contribution is -0.137. The number of benzene rings is 1. The predicted molar refractivity (Wildman–Crippen MR) is 88.7 cm³/mol. The Morgan fingerprint density at radius 1 is 1.18 bits per heavy atom. The van der Waals surface area contributed by atoms with E-state index in [-0.39, 0.29) is 12.0 Å². The first-order chi connectivity index (χ1) is 10.8. The summed E-state index contributed by atoms with van der Waals surface area (Å²) < 4.78 is 6.11. The Kier molecular flexibility index (Phi) is 7.40. The van der Waals surface area contributed by atoms with Gasteiger partial charge < -0.3 is 15.4 Å². The molecule has 0 spiro atoms. The highest BCUT2D eigenvalue weighted by atomic mass is 16.5. The predicted octanol–water partition coefficient (Wildman–Crippen LogP) is 2.80. The van der Waals surface area contributed by atoms with Gasteiger partial charge in [0.05, 0.1) is 6.10 Å². The van der Waals surface area contributed by atoms with Crippen molar-refractivity contribution in [2.45, 2.75) is 51.2 Å². The van der Waals surface area contributed by atoms with Crippen molar-refractivity contribution in [2.24, 2.45) is 0 Å². The highest BCUT2D eigenvalue weighted by molar-refractivity contribution is 5.82. The van der Waals surface area contributed by atoms with E-state index in [1.165, 1.54) is 12.8 Å². The van der Waals surface area contributed by atoms with Crippen molar-refractivity contribution in [3.8, 4) is 0 Å². The van der Waals surface area contributed by atoms with Gasteiger partial charge in [0, 0.05) is 13.1 Å². The third kappa shape index (κ3) is 5.43. The van der Waals surface area contributed by atoms with Crippen LogP contribution in [0.4, 0.5) is 0 Å². The number of hydrogen-bond acceptors (Lipinski definition) is 3. The summed E-state index contributed by atoms with van der Waals surface area (Å²) in [7, 11) is 0. The van der Waals surface area contributed by atoms with Gasteiger partial charge in [-0.05, 0) is 31.4 Å². The maximum atomic E-state index is 12.5. The van der Waals surface area contributed by atoms with Gasteiger partial charge in [-0.1, -0.05) is 50.1 Å². The molecule has 1 unspecified atom stereocenters. The molecule has 1 atom stereocenters. The van der Waals surface area contributed by atoms with E-state index in [1.54, 1.807) is 0 Å². The van der Waals surface area contributed by atoms with E-state index in [2.05, 4.69) is 17.6 Å². The highest BCUT2D eigenvalue weighted by Gasteiger charge is 2.26. The van der Waals surface area contributed by atoms with E-state index in [4.69, 9.17) is 4.74 Å². The van der Waals surface area contributed by atoms with Crippen LogP contribution in [0, 0.1) is 0 Å². The van der Waals surface area contributed by atoms with Crippen molar-refractivity contribution in [3.63, 3.8) is 0 Å². The van der Waals surface area contributed by atoms with Crippen molar-refractivity contribution in [3.05, 3.63) is 35.9 Å². The minimum absolute atomic E-state index is 0.0311. The number of nitrogens with one attached hydrogen (secondary N) is 2. The largest absolute Gasteiger partial charge is 0.360 e. The van der Waals surface area contributed by atoms with Gasteiger partial charge in [-0.2, -0.15) is 0 Å². The van der Waals surface area contributed by atoms with Crippen LogP contribution < -0.4 is 10.6 Å². The van der Waals surface area contributed by atoms with Crippen molar-refractivity contribution in [2.75, 3.05) is 19.6 Å². The zero-order chi connectivity index (χ0) is 15.6. The van der Waals surface area contributed by atoms with E-state index >= 15 is 0 Å². The number of carbonyl (C=O) groups excluding carboxylic acids is 1. The lowest BCUT2D eigenvalue weighted by Gasteiger charge is -2.22. The van der Waals surface area contributed by atoms with Crippen LogP contribution >= 0.6 is 0 Å². The number of hydrogen-bond donors (Lipinski definition) is 2. The first-order valence-corrected chi connectivity index (χ1v) is 8.50. The van der Waals surface area contributed by atoms with E-state index in [1.807, 2.05) is 30.3 Å². The Hall–Kier alpha value is -1.39. The van der Waals surface area contributed by atoms with Crippen LogP contribution in [0.5, 0.6) is 0 Å². The van der Waals surface area contributed by atoms with Gasteiger partial charge in [0.15, 0.2) is 6.10 Å². The first-order valence-electron chi connectivity index (χ1n) is 8.50. The summed E-state index contributed by atoms with van der Waals surface area (Å²) in [6.45, 7) is 4.55. The lowest BCUT2D eigenvalue weighted by atomic mass is 10.1. The van der Waals surface area contributed by atoms with Crippen molar-refractivity contribution >= 4 is 5.91 Å². The summed E-state index contributed by atoms with van der Waals surface area (Å²) in [5, 5.41) is 6.27. The van der Waals surface area contributed by atoms with Crippen molar-refractivity contribution < 1.29 is 9.53 Å². The van der Waals surface area contributed by atoms with Crippen LogP contribution in [-0.2, 0) is 9.53 Å². The fraction of sp³-hybridized carbons (Fsp3) is 0.611. The quantitative estimate of drug-likeness (QED) is 0.690. The molecule has 0 saturated heterocycles. The summed E-state index contributed by atoms with van der Waals surface area (Å²) in [5.41, 5.74) is 0.938. The van der Waals surface area contributed by atoms with Crippen LogP contribution in [0.15, 0.2) is 30.3 Å². The molecule has 1 aliphatic rings. The van der Waals surface area contributed by atoms with Gasteiger partial charge in [-0.25, -0.2) is 0 Å². The Morgan fingerprint density at radius 3 is 2.59 bits per heavy atom. The molecule has 0 bridgehead atoms. The molecule has 1 saturated carbocycles. The van der Waals surface area contributed by atoms with Crippen molar-refractivity contribution in [1.82, 2.24) is 10.6 Å². The van der Waals surface area contributed by atoms with Crippen LogP contribution in [0.3, 0.4) is 0 Å². The van der Waals surface area contributed by atoms with Crippen LogP contribution in [0.2, 0.25) is 0 Å². The standard InChI is InChI=1S/C18H28N2O2/c1-2-12-19-13-14-20-18(21)17(15-8-4-3-5-9-15)22-16-10-6-7-11-16/h3-5,8-9,16-17,19H,2,6-7,10-14H2,1H3,(H,20,21). The molecule has 2 rings (SSSR count). The monoisotopic (exact) mass is 304 g/mol. The Bertz CT molecular complexity index is 430. The molecule has 4 heteroatoms. The van der Waals surface area contributed by atoms with E-state index < -0.39 is 6.10 Å². The maximum absolute atomic E-state index is 12.5. The molecule has 1 fully saturated rings. The number of amides is 1. The third-order valence-electron chi connectivity index (χ3n) is 4.00. The normalized spacial score (nSPS) is 16.6. The molecule has 1 aromatic carbocycles. The molecule has 1 aliphatic carbocycles. The van der Waals surface area contributed by atoms with Gasteiger partial charge in [0.1, 0.15) is 0 Å². The number of ether oxygens (including phenoxy) is 1. The van der Waals surface area contributed by atoms with E-state index in [0.717, 1.165) is 37.9 Å². The number of carbonyl (C=O) groups is 1. The molecule has 1 amide bonds. The first kappa shape index (κ1) is 17.0. The van der Waals surface area contributed by atoms with Gasteiger partial charge in [-0.3, -0.25) is 4.79 Å². The maximum Gasteiger partial charge on any atom is 0.253 e. The smallest absolute Gasteiger partial charge is 0.253 e. The highest BCUT2D eigenvalue weighted by Crippen LogP contribution is 2.27. The van der Waals surface area contributed by atoms with Crippen molar-refractivity contribution in [1.29, 1.82) is 0 Å². The van der Waals surface area contributed by atoms with E-state index in [0.29, 0.717) is 6.54 Å². The summed E-state index contributed by atoms with van der Waals surface area (Å²) in [5.74, 6) is -0.0311. The Balaban J connectivity index is 1.89. The fourth-order valence-corrected chi connectivity index (χ4v) is 2.81. The average molecular weight is 304 g/mol. The summed E-state index contributed by atoms with van der Waals surface area (Å²) in [4.78, 5) is 12.5. The van der Waals surface area contributed by atoms with Crippen LogP contribution in [0.25, 0.3) is 0 Å². The molecule has 2 N–H and O–H groups in total. The van der Waals surface area contributed by atoms with E-state index in [9.17, 15) is 4.79 Å². The number of rotatable bonds is 9. The second-order valence-electron chi connectivity index (χ2n) is 5.87. The Morgan fingerprint density at radius 2 is 1.91 bits per heavy atom. The molecule has 0 aromatic heterocycles. The van der Waals surface area contributed by atoms with Gasteiger partial charge in [0.25, 0.3) is 5.91 Å². The summed E-state index contributed by atoms with van der Waals surface area (Å²) in [6.07, 6.45) is 5.36. The minimum atomic E-state index is -0.490. The second-order valence-corrected chi connectivity index (χ2v) is 5.87. The fourth-order valence-electron chi connectivity index (χ4n) is 2.81. The molecule has 122 valence electrons. The molecule has 0 heterocycles. The van der Waals surface area contributed by atoms with Crippen LogP contribution in [-0.4, -0.2) is 31.6 Å². The van der Waals surface area contributed by atoms with Crippen LogP contribution in [0.1, 0.15) is 50.7 Å². The summed E-state index contributed by atoms with van der Waals surface area (Å²) >= 11 is 0. The minimum Gasteiger partial charge on any atom is -0.360 e. The lowest BCUT2D eigenvalue weighted by Crippen LogP contribution is -2.37. The van der Waals surface area contributed by atoms with Gasteiger partial charge in [0.2, 0.25) is 0 Å². The molecular formula is C18H28N2O2. The summed E-state index contributed by atoms with van der Waals surface area (Å²) in [6, 6.07) is 9.80. The average Bonchev–Trinajstić information content (AvgIpc) is 3.06. The third-order valence-corrected chi connectivity index (χ3v) is 4.00. The molecule has 0 aliphatic heterocycles. The molecular weight excluding hydrogens is 276 g/mol. The molecule has 1 aromatic rings. The zero-order valence-corrected chi connectivity index (χ0v) is 13.5. The second kappa shape index (κ2) is 9.59. The van der Waals surface area contributed by atoms with Gasteiger partial charge >= 0.3 is 0 Å². The Labute approximate surface area is 133 Å². The zero-order valence-electron chi connectivity index (χ0n) is 13.5. The topological polar surface area (TPSA) is 50.4 Å². The van der Waals surface area contributed by atoms with Gasteiger partial charge in [-0.15, -0.1) is 0 Å². The molecule has 0 radical (unpaired) electrons. The SMILES string of the molecule is CCCNCCNC(=O)C(OC1CCCC1)c1ccccc1. The molecule has 22 heavy (non-hydrogen) atoms.